The lowest BCUT2D eigenvalue weighted by Crippen LogP contribution is -2.39. The number of fused-ring (bicyclic) bond motifs is 1. The number of aliphatic carboxylic acids is 1. The second-order valence-electron chi connectivity index (χ2n) is 6.64. The minimum absolute atomic E-state index is 0.197. The number of aryl methyl sites for hydroxylation is 1. The molecule has 1 fully saturated rings. The minimum Gasteiger partial charge on any atom is -0.481 e. The predicted octanol–water partition coefficient (Wildman–Crippen LogP) is 4.62. The van der Waals surface area contributed by atoms with E-state index in [0.29, 0.717) is 13.0 Å². The van der Waals surface area contributed by atoms with Gasteiger partial charge in [-0.05, 0) is 36.9 Å². The quantitative estimate of drug-likeness (QED) is 0.664. The van der Waals surface area contributed by atoms with Crippen LogP contribution in [-0.4, -0.2) is 34.1 Å². The van der Waals surface area contributed by atoms with Crippen molar-refractivity contribution < 1.29 is 9.90 Å². The molecule has 1 aromatic carbocycles. The SMILES string of the molecule is Cc1ccc(-c2csc3nc(Cl)nc(N4CCCC(C(=O)O)C4)c23)cc1. The standard InChI is InChI=1S/C19H18ClN3O2S/c1-11-4-6-12(7-5-11)14-10-26-17-15(14)16(21-19(20)22-17)23-8-2-3-13(9-23)18(24)25/h4-7,10,13H,2-3,8-9H2,1H3,(H,24,25). The molecular formula is C19H18ClN3O2S. The summed E-state index contributed by atoms with van der Waals surface area (Å²) in [7, 11) is 0. The Morgan fingerprint density at radius 2 is 2.08 bits per heavy atom. The number of benzene rings is 1. The van der Waals surface area contributed by atoms with Crippen LogP contribution in [0.2, 0.25) is 5.28 Å². The fourth-order valence-corrected chi connectivity index (χ4v) is 4.60. The average molecular weight is 388 g/mol. The van der Waals surface area contributed by atoms with E-state index in [4.69, 9.17) is 11.6 Å². The van der Waals surface area contributed by atoms with Crippen molar-refractivity contribution in [1.82, 2.24) is 9.97 Å². The van der Waals surface area contributed by atoms with Gasteiger partial charge in [-0.25, -0.2) is 4.98 Å². The summed E-state index contributed by atoms with van der Waals surface area (Å²) in [5.41, 5.74) is 3.36. The number of hydrogen-bond acceptors (Lipinski definition) is 5. The van der Waals surface area contributed by atoms with E-state index in [1.807, 2.05) is 4.90 Å². The number of carboxylic acids is 1. The Kier molecular flexibility index (Phi) is 4.54. The highest BCUT2D eigenvalue weighted by Gasteiger charge is 2.28. The van der Waals surface area contributed by atoms with E-state index in [0.717, 1.165) is 40.1 Å². The predicted molar refractivity (Wildman–Crippen MR) is 105 cm³/mol. The summed E-state index contributed by atoms with van der Waals surface area (Å²) in [5, 5.41) is 12.6. The number of hydrogen-bond donors (Lipinski definition) is 1. The van der Waals surface area contributed by atoms with Crippen molar-refractivity contribution in [2.75, 3.05) is 18.0 Å². The Hall–Kier alpha value is -2.18. The topological polar surface area (TPSA) is 66.3 Å². The van der Waals surface area contributed by atoms with Crippen LogP contribution in [0.1, 0.15) is 18.4 Å². The van der Waals surface area contributed by atoms with Crippen molar-refractivity contribution in [2.45, 2.75) is 19.8 Å². The molecular weight excluding hydrogens is 370 g/mol. The number of halogens is 1. The van der Waals surface area contributed by atoms with E-state index < -0.39 is 5.97 Å². The summed E-state index contributed by atoms with van der Waals surface area (Å²) in [4.78, 5) is 23.2. The largest absolute Gasteiger partial charge is 0.481 e. The highest BCUT2D eigenvalue weighted by molar-refractivity contribution is 7.17. The summed E-state index contributed by atoms with van der Waals surface area (Å²) in [6.07, 6.45) is 1.52. The Bertz CT molecular complexity index is 971. The van der Waals surface area contributed by atoms with Gasteiger partial charge in [-0.1, -0.05) is 29.8 Å². The molecule has 0 radical (unpaired) electrons. The summed E-state index contributed by atoms with van der Waals surface area (Å²) < 4.78 is 0. The van der Waals surface area contributed by atoms with Gasteiger partial charge in [-0.3, -0.25) is 4.79 Å². The van der Waals surface area contributed by atoms with Crippen molar-refractivity contribution >= 4 is 44.9 Å². The molecule has 1 N–H and O–H groups in total. The van der Waals surface area contributed by atoms with E-state index in [2.05, 4.69) is 46.5 Å². The van der Waals surface area contributed by atoms with Gasteiger partial charge in [0.2, 0.25) is 5.28 Å². The van der Waals surface area contributed by atoms with Crippen LogP contribution in [0, 0.1) is 12.8 Å². The molecule has 1 aliphatic heterocycles. The van der Waals surface area contributed by atoms with Crippen molar-refractivity contribution in [2.24, 2.45) is 5.92 Å². The fraction of sp³-hybridized carbons (Fsp3) is 0.316. The number of anilines is 1. The first-order chi connectivity index (χ1) is 12.5. The third kappa shape index (κ3) is 3.15. The van der Waals surface area contributed by atoms with E-state index in [1.165, 1.54) is 16.9 Å². The highest BCUT2D eigenvalue weighted by Crippen LogP contribution is 2.40. The lowest BCUT2D eigenvalue weighted by Gasteiger charge is -2.32. The van der Waals surface area contributed by atoms with Crippen molar-refractivity contribution in [1.29, 1.82) is 0 Å². The molecule has 1 atom stereocenters. The molecule has 0 spiro atoms. The van der Waals surface area contributed by atoms with Crippen molar-refractivity contribution in [3.8, 4) is 11.1 Å². The normalized spacial score (nSPS) is 17.6. The molecule has 26 heavy (non-hydrogen) atoms. The van der Waals surface area contributed by atoms with Crippen LogP contribution < -0.4 is 4.90 Å². The summed E-state index contributed by atoms with van der Waals surface area (Å²) >= 11 is 7.69. The molecule has 1 aliphatic rings. The average Bonchev–Trinajstić information content (AvgIpc) is 3.05. The molecule has 7 heteroatoms. The van der Waals surface area contributed by atoms with Crippen LogP contribution in [0.25, 0.3) is 21.3 Å². The van der Waals surface area contributed by atoms with Gasteiger partial charge in [0.1, 0.15) is 10.6 Å². The first kappa shape index (κ1) is 17.2. The monoisotopic (exact) mass is 387 g/mol. The Morgan fingerprint density at radius 3 is 2.81 bits per heavy atom. The number of rotatable bonds is 3. The summed E-state index contributed by atoms with van der Waals surface area (Å²) in [6.45, 7) is 3.28. The third-order valence-corrected chi connectivity index (χ3v) is 5.86. The second kappa shape index (κ2) is 6.85. The van der Waals surface area contributed by atoms with Crippen LogP contribution in [0.5, 0.6) is 0 Å². The van der Waals surface area contributed by atoms with Crippen LogP contribution in [0.4, 0.5) is 5.82 Å². The van der Waals surface area contributed by atoms with Gasteiger partial charge in [0.05, 0.1) is 11.3 Å². The van der Waals surface area contributed by atoms with Crippen LogP contribution in [0.3, 0.4) is 0 Å². The van der Waals surface area contributed by atoms with Crippen LogP contribution in [0.15, 0.2) is 29.6 Å². The zero-order valence-corrected chi connectivity index (χ0v) is 15.8. The molecule has 4 rings (SSSR count). The lowest BCUT2D eigenvalue weighted by molar-refractivity contribution is -0.141. The van der Waals surface area contributed by atoms with Crippen molar-refractivity contribution in [3.05, 3.63) is 40.5 Å². The molecule has 1 saturated heterocycles. The maximum Gasteiger partial charge on any atom is 0.308 e. The molecule has 1 unspecified atom stereocenters. The molecule has 2 aromatic heterocycles. The van der Waals surface area contributed by atoms with E-state index in [-0.39, 0.29) is 11.2 Å². The van der Waals surface area contributed by atoms with E-state index in [1.54, 1.807) is 0 Å². The number of carbonyl (C=O) groups is 1. The molecule has 134 valence electrons. The minimum atomic E-state index is -0.754. The molecule has 0 bridgehead atoms. The zero-order chi connectivity index (χ0) is 18.3. The summed E-state index contributed by atoms with van der Waals surface area (Å²) in [5.74, 6) is -0.396. The Balaban J connectivity index is 1.84. The molecule has 0 amide bonds. The second-order valence-corrected chi connectivity index (χ2v) is 7.83. The van der Waals surface area contributed by atoms with Gasteiger partial charge < -0.3 is 10.0 Å². The first-order valence-electron chi connectivity index (χ1n) is 8.52. The van der Waals surface area contributed by atoms with Gasteiger partial charge in [-0.15, -0.1) is 11.3 Å². The van der Waals surface area contributed by atoms with Gasteiger partial charge in [0.25, 0.3) is 0 Å². The zero-order valence-electron chi connectivity index (χ0n) is 14.3. The van der Waals surface area contributed by atoms with Crippen molar-refractivity contribution in [3.63, 3.8) is 0 Å². The molecule has 3 aromatic rings. The van der Waals surface area contributed by atoms with Gasteiger partial charge in [0.15, 0.2) is 0 Å². The first-order valence-corrected chi connectivity index (χ1v) is 9.78. The van der Waals surface area contributed by atoms with Crippen LogP contribution >= 0.6 is 22.9 Å². The molecule has 3 heterocycles. The molecule has 5 nitrogen and oxygen atoms in total. The number of aromatic nitrogens is 2. The fourth-order valence-electron chi connectivity index (χ4n) is 3.44. The summed E-state index contributed by atoms with van der Waals surface area (Å²) in [6, 6.07) is 8.34. The molecule has 0 aliphatic carbocycles. The number of thiophene rings is 1. The van der Waals surface area contributed by atoms with E-state index >= 15 is 0 Å². The Labute approximate surface area is 160 Å². The number of carboxylic acid groups (broad SMARTS) is 1. The maximum atomic E-state index is 11.4. The number of piperidine rings is 1. The molecule has 0 saturated carbocycles. The van der Waals surface area contributed by atoms with Gasteiger partial charge in [0, 0.05) is 24.0 Å². The van der Waals surface area contributed by atoms with Gasteiger partial charge >= 0.3 is 5.97 Å². The highest BCUT2D eigenvalue weighted by atomic mass is 35.5. The van der Waals surface area contributed by atoms with E-state index in [9.17, 15) is 9.90 Å². The Morgan fingerprint density at radius 1 is 1.31 bits per heavy atom. The van der Waals surface area contributed by atoms with Crippen LogP contribution in [-0.2, 0) is 4.79 Å². The van der Waals surface area contributed by atoms with Gasteiger partial charge in [-0.2, -0.15) is 4.98 Å². The lowest BCUT2D eigenvalue weighted by atomic mass is 9.97. The smallest absolute Gasteiger partial charge is 0.308 e. The maximum absolute atomic E-state index is 11.4. The third-order valence-electron chi connectivity index (χ3n) is 4.82. The number of nitrogens with zero attached hydrogens (tertiary/aromatic N) is 3.